The first kappa shape index (κ1) is 10.6. The standard InChI is InChI=1S/C13H13FN2/c14-12-8-10(9-15)6-7-13(12)16-11-4-2-1-3-5-11/h1-8,16H,9,15H2. The van der Waals surface area contributed by atoms with Crippen molar-refractivity contribution in [1.29, 1.82) is 0 Å². The van der Waals surface area contributed by atoms with Gasteiger partial charge in [-0.2, -0.15) is 0 Å². The van der Waals surface area contributed by atoms with E-state index in [1.165, 1.54) is 6.07 Å². The number of halogens is 1. The third-order valence-electron chi connectivity index (χ3n) is 2.32. The lowest BCUT2D eigenvalue weighted by molar-refractivity contribution is 0.629. The number of rotatable bonds is 3. The van der Waals surface area contributed by atoms with Crippen molar-refractivity contribution in [2.24, 2.45) is 5.73 Å². The van der Waals surface area contributed by atoms with E-state index in [9.17, 15) is 4.39 Å². The summed E-state index contributed by atoms with van der Waals surface area (Å²) < 4.78 is 13.6. The molecule has 2 aromatic rings. The van der Waals surface area contributed by atoms with Gasteiger partial charge in [-0.15, -0.1) is 0 Å². The molecule has 16 heavy (non-hydrogen) atoms. The molecule has 0 atom stereocenters. The second-order valence-electron chi connectivity index (χ2n) is 3.51. The molecule has 2 nitrogen and oxygen atoms in total. The van der Waals surface area contributed by atoms with Gasteiger partial charge in [0.1, 0.15) is 5.82 Å². The summed E-state index contributed by atoms with van der Waals surface area (Å²) in [6.07, 6.45) is 0. The number of hydrogen-bond acceptors (Lipinski definition) is 2. The van der Waals surface area contributed by atoms with Gasteiger partial charge in [-0.05, 0) is 29.8 Å². The van der Waals surface area contributed by atoms with Crippen LogP contribution in [-0.4, -0.2) is 0 Å². The first-order chi connectivity index (χ1) is 7.79. The van der Waals surface area contributed by atoms with Crippen LogP contribution in [0.15, 0.2) is 48.5 Å². The summed E-state index contributed by atoms with van der Waals surface area (Å²) in [4.78, 5) is 0. The van der Waals surface area contributed by atoms with Crippen molar-refractivity contribution in [2.75, 3.05) is 5.32 Å². The highest BCUT2D eigenvalue weighted by atomic mass is 19.1. The molecule has 3 N–H and O–H groups in total. The zero-order valence-electron chi connectivity index (χ0n) is 8.78. The molecule has 0 aromatic heterocycles. The van der Waals surface area contributed by atoms with Crippen LogP contribution in [0.4, 0.5) is 15.8 Å². The minimum absolute atomic E-state index is 0.285. The maximum atomic E-state index is 13.6. The van der Waals surface area contributed by atoms with Crippen LogP contribution in [0.25, 0.3) is 0 Å². The molecule has 0 aliphatic heterocycles. The zero-order valence-corrected chi connectivity index (χ0v) is 8.78. The van der Waals surface area contributed by atoms with Crippen LogP contribution in [0.5, 0.6) is 0 Å². The van der Waals surface area contributed by atoms with E-state index in [4.69, 9.17) is 5.73 Å². The van der Waals surface area contributed by atoms with Crippen LogP contribution < -0.4 is 11.1 Å². The molecule has 0 aliphatic rings. The lowest BCUT2D eigenvalue weighted by atomic mass is 10.2. The molecule has 0 unspecified atom stereocenters. The van der Waals surface area contributed by atoms with Gasteiger partial charge in [0.2, 0.25) is 0 Å². The van der Waals surface area contributed by atoms with Gasteiger partial charge in [0, 0.05) is 12.2 Å². The highest BCUT2D eigenvalue weighted by Crippen LogP contribution is 2.20. The average Bonchev–Trinajstić information content (AvgIpc) is 2.33. The van der Waals surface area contributed by atoms with Crippen molar-refractivity contribution >= 4 is 11.4 Å². The fourth-order valence-electron chi connectivity index (χ4n) is 1.46. The van der Waals surface area contributed by atoms with Crippen LogP contribution in [0.2, 0.25) is 0 Å². The van der Waals surface area contributed by atoms with E-state index >= 15 is 0 Å². The number of nitrogens with one attached hydrogen (secondary N) is 1. The van der Waals surface area contributed by atoms with E-state index in [0.717, 1.165) is 11.3 Å². The molecule has 0 fully saturated rings. The molecular weight excluding hydrogens is 203 g/mol. The maximum absolute atomic E-state index is 13.6. The molecule has 0 aliphatic carbocycles. The third-order valence-corrected chi connectivity index (χ3v) is 2.32. The number of benzene rings is 2. The fraction of sp³-hybridized carbons (Fsp3) is 0.0769. The van der Waals surface area contributed by atoms with Crippen LogP contribution in [0.3, 0.4) is 0 Å². The van der Waals surface area contributed by atoms with E-state index in [-0.39, 0.29) is 5.82 Å². The van der Waals surface area contributed by atoms with Gasteiger partial charge in [0.15, 0.2) is 0 Å². The second kappa shape index (κ2) is 4.77. The van der Waals surface area contributed by atoms with Gasteiger partial charge < -0.3 is 11.1 Å². The summed E-state index contributed by atoms with van der Waals surface area (Å²) in [7, 11) is 0. The zero-order chi connectivity index (χ0) is 11.4. The predicted octanol–water partition coefficient (Wildman–Crippen LogP) is 3.03. The largest absolute Gasteiger partial charge is 0.353 e. The maximum Gasteiger partial charge on any atom is 0.146 e. The molecular formula is C13H13FN2. The molecule has 3 heteroatoms. The number of nitrogens with two attached hydrogens (primary N) is 1. The molecule has 2 rings (SSSR count). The highest BCUT2D eigenvalue weighted by Gasteiger charge is 2.02. The Morgan fingerprint density at radius 2 is 1.81 bits per heavy atom. The van der Waals surface area contributed by atoms with E-state index < -0.39 is 0 Å². The van der Waals surface area contributed by atoms with E-state index in [2.05, 4.69) is 5.32 Å². The number of para-hydroxylation sites is 1. The topological polar surface area (TPSA) is 38.0 Å². The number of anilines is 2. The fourth-order valence-corrected chi connectivity index (χ4v) is 1.46. The minimum Gasteiger partial charge on any atom is -0.353 e. The molecule has 0 bridgehead atoms. The Bertz CT molecular complexity index is 469. The Kier molecular flexibility index (Phi) is 3.17. The van der Waals surface area contributed by atoms with Gasteiger partial charge in [-0.3, -0.25) is 0 Å². The first-order valence-electron chi connectivity index (χ1n) is 5.10. The second-order valence-corrected chi connectivity index (χ2v) is 3.51. The van der Waals surface area contributed by atoms with Gasteiger partial charge >= 0.3 is 0 Å². The van der Waals surface area contributed by atoms with Crippen LogP contribution >= 0.6 is 0 Å². The van der Waals surface area contributed by atoms with Crippen LogP contribution in [0.1, 0.15) is 5.56 Å². The molecule has 2 aromatic carbocycles. The molecule has 0 saturated heterocycles. The van der Waals surface area contributed by atoms with Crippen molar-refractivity contribution in [3.63, 3.8) is 0 Å². The van der Waals surface area contributed by atoms with Crippen molar-refractivity contribution in [3.05, 3.63) is 59.9 Å². The molecule has 0 radical (unpaired) electrons. The van der Waals surface area contributed by atoms with Crippen molar-refractivity contribution in [2.45, 2.75) is 6.54 Å². The lowest BCUT2D eigenvalue weighted by Crippen LogP contribution is -1.99. The Labute approximate surface area is 93.9 Å². The summed E-state index contributed by atoms with van der Waals surface area (Å²) in [5.74, 6) is -0.285. The minimum atomic E-state index is -0.285. The van der Waals surface area contributed by atoms with Crippen molar-refractivity contribution < 1.29 is 4.39 Å². The highest BCUT2D eigenvalue weighted by molar-refractivity contribution is 5.60. The normalized spacial score (nSPS) is 10.1. The summed E-state index contributed by atoms with van der Waals surface area (Å²) in [6.45, 7) is 0.350. The van der Waals surface area contributed by atoms with Gasteiger partial charge in [0.05, 0.1) is 5.69 Å². The molecule has 0 saturated carbocycles. The van der Waals surface area contributed by atoms with E-state index in [0.29, 0.717) is 12.2 Å². The molecule has 0 heterocycles. The number of hydrogen-bond donors (Lipinski definition) is 2. The Morgan fingerprint density at radius 3 is 2.44 bits per heavy atom. The summed E-state index contributed by atoms with van der Waals surface area (Å²) in [5.41, 5.74) is 7.55. The molecule has 82 valence electrons. The van der Waals surface area contributed by atoms with Crippen molar-refractivity contribution in [1.82, 2.24) is 0 Å². The van der Waals surface area contributed by atoms with E-state index in [1.54, 1.807) is 6.07 Å². The monoisotopic (exact) mass is 216 g/mol. The summed E-state index contributed by atoms with van der Waals surface area (Å²) in [5, 5.41) is 3.01. The van der Waals surface area contributed by atoms with Gasteiger partial charge in [0.25, 0.3) is 0 Å². The van der Waals surface area contributed by atoms with Gasteiger partial charge in [-0.1, -0.05) is 24.3 Å². The molecule has 0 amide bonds. The van der Waals surface area contributed by atoms with Gasteiger partial charge in [-0.25, -0.2) is 4.39 Å². The first-order valence-corrected chi connectivity index (χ1v) is 5.10. The van der Waals surface area contributed by atoms with Crippen LogP contribution in [0, 0.1) is 5.82 Å². The molecule has 0 spiro atoms. The summed E-state index contributed by atoms with van der Waals surface area (Å²) >= 11 is 0. The predicted molar refractivity (Wildman–Crippen MR) is 64.0 cm³/mol. The smallest absolute Gasteiger partial charge is 0.146 e. The average molecular weight is 216 g/mol. The third kappa shape index (κ3) is 2.38. The Balaban J connectivity index is 2.22. The lowest BCUT2D eigenvalue weighted by Gasteiger charge is -2.08. The SMILES string of the molecule is NCc1ccc(Nc2ccccc2)c(F)c1. The Hall–Kier alpha value is -1.87. The van der Waals surface area contributed by atoms with Crippen LogP contribution in [-0.2, 0) is 6.54 Å². The quantitative estimate of drug-likeness (QED) is 0.827. The van der Waals surface area contributed by atoms with Crippen molar-refractivity contribution in [3.8, 4) is 0 Å². The Morgan fingerprint density at radius 1 is 1.06 bits per heavy atom. The summed E-state index contributed by atoms with van der Waals surface area (Å²) in [6, 6.07) is 14.4. The van der Waals surface area contributed by atoms with E-state index in [1.807, 2.05) is 36.4 Å².